The van der Waals surface area contributed by atoms with Crippen LogP contribution in [-0.4, -0.2) is 18.5 Å². The van der Waals surface area contributed by atoms with Gasteiger partial charge in [-0.15, -0.1) is 11.3 Å². The Morgan fingerprint density at radius 2 is 1.72 bits per heavy atom. The Labute approximate surface area is 144 Å². The number of thiophene rings is 1. The fourth-order valence-corrected chi connectivity index (χ4v) is 2.96. The number of esters is 1. The van der Waals surface area contributed by atoms with E-state index in [0.29, 0.717) is 6.42 Å². The maximum absolute atomic E-state index is 13.7. The Hall–Kier alpha value is -2.42. The largest absolute Gasteiger partial charge is 0.462 e. The summed E-state index contributed by atoms with van der Waals surface area (Å²) in [6.07, 6.45) is 0.557. The number of ether oxygens (including phenoxy) is 1. The Morgan fingerprint density at radius 1 is 1.04 bits per heavy atom. The molecule has 0 spiro atoms. The van der Waals surface area contributed by atoms with Crippen LogP contribution in [0.2, 0.25) is 0 Å². The van der Waals surface area contributed by atoms with Crippen molar-refractivity contribution in [2.45, 2.75) is 20.3 Å². The number of hydrogen-bond acceptors (Lipinski definition) is 4. The summed E-state index contributed by atoms with van der Waals surface area (Å²) >= 11 is 1.04. The Balaban J connectivity index is 2.39. The number of rotatable bonds is 5. The second-order valence-corrected chi connectivity index (χ2v) is 5.97. The fraction of sp³-hybridized carbons (Fsp3) is 0.250. The van der Waals surface area contributed by atoms with Crippen molar-refractivity contribution in [1.82, 2.24) is 0 Å². The summed E-state index contributed by atoms with van der Waals surface area (Å²) in [5, 5.41) is 2.26. The second-order valence-electron chi connectivity index (χ2n) is 4.83. The molecule has 1 aromatic heterocycles. The van der Waals surface area contributed by atoms with Crippen molar-refractivity contribution in [2.24, 2.45) is 0 Å². The molecule has 0 aliphatic carbocycles. The Bertz CT molecular complexity index is 835. The van der Waals surface area contributed by atoms with E-state index in [2.05, 4.69) is 5.32 Å². The molecule has 134 valence electrons. The van der Waals surface area contributed by atoms with E-state index in [0.717, 1.165) is 16.2 Å². The maximum atomic E-state index is 13.7. The van der Waals surface area contributed by atoms with Gasteiger partial charge in [0.25, 0.3) is 5.91 Å². The maximum Gasteiger partial charge on any atom is 0.341 e. The lowest BCUT2D eigenvalue weighted by Gasteiger charge is -2.08. The normalized spacial score (nSPS) is 10.6. The van der Waals surface area contributed by atoms with E-state index in [-0.39, 0.29) is 23.2 Å². The summed E-state index contributed by atoms with van der Waals surface area (Å²) in [4.78, 5) is 24.8. The molecule has 0 atom stereocenters. The van der Waals surface area contributed by atoms with Crippen LogP contribution in [-0.2, 0) is 11.2 Å². The SMILES string of the molecule is CCOC(=O)c1cc(CC)sc1NC(=O)c1cc(F)c(F)c(F)c1F. The molecule has 0 bridgehead atoms. The molecule has 0 unspecified atom stereocenters. The molecule has 0 aliphatic heterocycles. The Kier molecular flexibility index (Phi) is 5.78. The molecule has 0 saturated carbocycles. The van der Waals surface area contributed by atoms with Gasteiger partial charge in [0, 0.05) is 4.88 Å². The van der Waals surface area contributed by atoms with E-state index in [4.69, 9.17) is 4.74 Å². The van der Waals surface area contributed by atoms with Crippen LogP contribution < -0.4 is 5.32 Å². The number of anilines is 1. The first-order valence-corrected chi connectivity index (χ1v) is 8.05. The number of nitrogens with one attached hydrogen (secondary N) is 1. The van der Waals surface area contributed by atoms with Gasteiger partial charge in [0.15, 0.2) is 23.3 Å². The first-order chi connectivity index (χ1) is 11.8. The van der Waals surface area contributed by atoms with Gasteiger partial charge < -0.3 is 10.1 Å². The fourth-order valence-electron chi connectivity index (χ4n) is 1.98. The van der Waals surface area contributed by atoms with Crippen LogP contribution in [0.15, 0.2) is 12.1 Å². The lowest BCUT2D eigenvalue weighted by Crippen LogP contribution is -2.17. The van der Waals surface area contributed by atoms with Crippen LogP contribution in [0, 0.1) is 23.3 Å². The molecular weight excluding hydrogens is 362 g/mol. The van der Waals surface area contributed by atoms with Crippen LogP contribution >= 0.6 is 11.3 Å². The van der Waals surface area contributed by atoms with Crippen molar-refractivity contribution in [2.75, 3.05) is 11.9 Å². The van der Waals surface area contributed by atoms with Crippen LogP contribution in [0.25, 0.3) is 0 Å². The van der Waals surface area contributed by atoms with E-state index >= 15 is 0 Å². The molecule has 1 heterocycles. The van der Waals surface area contributed by atoms with Crippen LogP contribution in [0.3, 0.4) is 0 Å². The molecule has 25 heavy (non-hydrogen) atoms. The lowest BCUT2D eigenvalue weighted by molar-refractivity contribution is 0.0528. The highest BCUT2D eigenvalue weighted by Gasteiger charge is 2.25. The van der Waals surface area contributed by atoms with Gasteiger partial charge in [0.05, 0.1) is 17.7 Å². The van der Waals surface area contributed by atoms with Gasteiger partial charge in [0.1, 0.15) is 5.00 Å². The number of hydrogen-bond donors (Lipinski definition) is 1. The molecule has 2 rings (SSSR count). The highest BCUT2D eigenvalue weighted by Crippen LogP contribution is 2.30. The average molecular weight is 375 g/mol. The van der Waals surface area contributed by atoms with Crippen molar-refractivity contribution in [3.05, 3.63) is 51.4 Å². The van der Waals surface area contributed by atoms with Gasteiger partial charge in [-0.25, -0.2) is 22.4 Å². The lowest BCUT2D eigenvalue weighted by atomic mass is 10.1. The second kappa shape index (κ2) is 7.64. The number of carbonyl (C=O) groups is 2. The van der Waals surface area contributed by atoms with Crippen molar-refractivity contribution >= 4 is 28.2 Å². The van der Waals surface area contributed by atoms with Gasteiger partial charge in [-0.05, 0) is 25.5 Å². The van der Waals surface area contributed by atoms with Gasteiger partial charge >= 0.3 is 5.97 Å². The molecule has 1 N–H and O–H groups in total. The Morgan fingerprint density at radius 3 is 2.32 bits per heavy atom. The predicted molar refractivity (Wildman–Crippen MR) is 83.9 cm³/mol. The van der Waals surface area contributed by atoms with E-state index in [1.165, 1.54) is 6.07 Å². The monoisotopic (exact) mass is 375 g/mol. The molecule has 4 nitrogen and oxygen atoms in total. The standard InChI is InChI=1S/C16H13F4NO3S/c1-3-7-5-9(16(23)24-4-2)15(25-7)21-14(22)8-6-10(17)12(19)13(20)11(8)18/h5-6H,3-4H2,1-2H3,(H,21,22). The zero-order valence-corrected chi connectivity index (χ0v) is 14.0. The van der Waals surface area contributed by atoms with Crippen molar-refractivity contribution in [3.8, 4) is 0 Å². The molecule has 0 fully saturated rings. The number of benzene rings is 1. The molecule has 0 aliphatic rings. The van der Waals surface area contributed by atoms with Crippen molar-refractivity contribution in [3.63, 3.8) is 0 Å². The van der Waals surface area contributed by atoms with Crippen molar-refractivity contribution in [1.29, 1.82) is 0 Å². The highest BCUT2D eigenvalue weighted by molar-refractivity contribution is 7.16. The summed E-state index contributed by atoms with van der Waals surface area (Å²) in [6.45, 7) is 3.52. The molecular formula is C16H13F4NO3S. The van der Waals surface area contributed by atoms with Gasteiger partial charge in [-0.2, -0.15) is 0 Å². The third kappa shape index (κ3) is 3.81. The average Bonchev–Trinajstić information content (AvgIpc) is 2.99. The number of aryl methyl sites for hydroxylation is 1. The molecule has 0 radical (unpaired) electrons. The zero-order valence-electron chi connectivity index (χ0n) is 13.2. The topological polar surface area (TPSA) is 55.4 Å². The number of halogens is 4. The summed E-state index contributed by atoms with van der Waals surface area (Å²) in [5.74, 6) is -9.53. The third-order valence-corrected chi connectivity index (χ3v) is 4.40. The first kappa shape index (κ1) is 18.9. The first-order valence-electron chi connectivity index (χ1n) is 7.24. The molecule has 0 saturated heterocycles. The smallest absolute Gasteiger partial charge is 0.341 e. The van der Waals surface area contributed by atoms with E-state index in [1.807, 2.05) is 6.92 Å². The molecule has 1 aromatic carbocycles. The third-order valence-electron chi connectivity index (χ3n) is 3.20. The molecule has 2 aromatic rings. The van der Waals surface area contributed by atoms with E-state index in [1.54, 1.807) is 6.92 Å². The quantitative estimate of drug-likeness (QED) is 0.367. The minimum Gasteiger partial charge on any atom is -0.462 e. The number of amides is 1. The predicted octanol–water partition coefficient (Wildman–Crippen LogP) is 4.30. The summed E-state index contributed by atoms with van der Waals surface area (Å²) in [5.41, 5.74) is -0.974. The van der Waals surface area contributed by atoms with Crippen LogP contribution in [0.5, 0.6) is 0 Å². The van der Waals surface area contributed by atoms with Crippen molar-refractivity contribution < 1.29 is 31.9 Å². The minimum atomic E-state index is -2.09. The summed E-state index contributed by atoms with van der Waals surface area (Å²) in [6, 6.07) is 1.75. The highest BCUT2D eigenvalue weighted by atomic mass is 32.1. The number of carbonyl (C=O) groups excluding carboxylic acids is 2. The van der Waals surface area contributed by atoms with Gasteiger partial charge in [-0.3, -0.25) is 4.79 Å². The van der Waals surface area contributed by atoms with E-state index in [9.17, 15) is 27.2 Å². The van der Waals surface area contributed by atoms with Crippen LogP contribution in [0.1, 0.15) is 39.4 Å². The summed E-state index contributed by atoms with van der Waals surface area (Å²) in [7, 11) is 0. The van der Waals surface area contributed by atoms with E-state index < -0.39 is 40.7 Å². The molecule has 1 amide bonds. The van der Waals surface area contributed by atoms with Crippen LogP contribution in [0.4, 0.5) is 22.6 Å². The summed E-state index contributed by atoms with van der Waals surface area (Å²) < 4.78 is 58.1. The molecule has 9 heteroatoms. The van der Waals surface area contributed by atoms with Gasteiger partial charge in [0.2, 0.25) is 0 Å². The zero-order chi connectivity index (χ0) is 18.7. The minimum absolute atomic E-state index is 0.0421. The van der Waals surface area contributed by atoms with Gasteiger partial charge in [-0.1, -0.05) is 6.92 Å².